The van der Waals surface area contributed by atoms with Crippen LogP contribution < -0.4 is 9.64 Å². The fraction of sp³-hybridized carbons (Fsp3) is 0.600. The molecule has 0 spiro atoms. The Kier molecular flexibility index (Phi) is 9.15. The van der Waals surface area contributed by atoms with Crippen molar-refractivity contribution in [2.75, 3.05) is 19.0 Å². The number of esters is 2. The molecule has 0 bridgehead atoms. The molecule has 4 rings (SSSR count). The van der Waals surface area contributed by atoms with Gasteiger partial charge in [0.15, 0.2) is 6.10 Å². The van der Waals surface area contributed by atoms with E-state index in [-0.39, 0.29) is 36.2 Å². The largest absolute Gasteiger partial charge is 0.479 e. The van der Waals surface area contributed by atoms with Crippen LogP contribution in [0.3, 0.4) is 0 Å². The van der Waals surface area contributed by atoms with Gasteiger partial charge in [0.1, 0.15) is 18.0 Å². The van der Waals surface area contributed by atoms with E-state index in [1.807, 2.05) is 62.3 Å². The van der Waals surface area contributed by atoms with Gasteiger partial charge in [0.2, 0.25) is 0 Å². The lowest BCUT2D eigenvalue weighted by molar-refractivity contribution is -0.165. The van der Waals surface area contributed by atoms with Crippen LogP contribution in [0, 0.1) is 17.8 Å². The van der Waals surface area contributed by atoms with Gasteiger partial charge in [-0.1, -0.05) is 38.1 Å². The van der Waals surface area contributed by atoms with Gasteiger partial charge in [0.25, 0.3) is 0 Å². The number of carbonyl (C=O) groups excluding carboxylic acids is 2. The molecule has 8 atom stereocenters. The molecule has 0 aromatic heterocycles. The Labute approximate surface area is 225 Å². The summed E-state index contributed by atoms with van der Waals surface area (Å²) in [5, 5.41) is 20.6. The zero-order valence-corrected chi connectivity index (χ0v) is 22.8. The standard InChI is InChI=1S/C30H41NO7/c1-5-26(36-23-8-6-7-20(14-23)31(3)4)30(35)38-27-16-21(32)13-19-10-9-18(2)25(29(19)27)12-11-24-15-22(33)17-28(34)37-24/h6-10,13-14,18,21-22,24-27,29,32-33H,5,11-12,15-17H2,1-4H3/t18-,21+,22+,24+,25-,26?,27-,29-/m0/s1. The second kappa shape index (κ2) is 12.3. The number of allylic oxidation sites excluding steroid dienone is 2. The van der Waals surface area contributed by atoms with E-state index in [0.29, 0.717) is 31.4 Å². The van der Waals surface area contributed by atoms with E-state index in [1.54, 1.807) is 0 Å². The molecular formula is C30H41NO7. The monoisotopic (exact) mass is 527 g/mol. The van der Waals surface area contributed by atoms with Crippen molar-refractivity contribution >= 4 is 17.6 Å². The number of aliphatic hydroxyl groups is 2. The molecule has 38 heavy (non-hydrogen) atoms. The number of hydrogen-bond acceptors (Lipinski definition) is 8. The van der Waals surface area contributed by atoms with Crippen molar-refractivity contribution < 1.29 is 34.0 Å². The van der Waals surface area contributed by atoms with E-state index >= 15 is 0 Å². The zero-order chi connectivity index (χ0) is 27.4. The molecule has 0 amide bonds. The van der Waals surface area contributed by atoms with Crippen LogP contribution in [0.4, 0.5) is 5.69 Å². The lowest BCUT2D eigenvalue weighted by Crippen LogP contribution is -2.44. The van der Waals surface area contributed by atoms with Gasteiger partial charge in [-0.05, 0) is 48.8 Å². The summed E-state index contributed by atoms with van der Waals surface area (Å²) >= 11 is 0. The van der Waals surface area contributed by atoms with E-state index in [2.05, 4.69) is 13.0 Å². The van der Waals surface area contributed by atoms with Gasteiger partial charge >= 0.3 is 11.9 Å². The van der Waals surface area contributed by atoms with Crippen molar-refractivity contribution in [2.24, 2.45) is 17.8 Å². The molecule has 1 saturated heterocycles. The second-order valence-corrected chi connectivity index (χ2v) is 11.0. The molecule has 3 aliphatic rings. The van der Waals surface area contributed by atoms with Crippen LogP contribution in [0.1, 0.15) is 52.4 Å². The van der Waals surface area contributed by atoms with E-state index in [1.165, 1.54) is 0 Å². The number of cyclic esters (lactones) is 1. The van der Waals surface area contributed by atoms with Crippen molar-refractivity contribution in [1.29, 1.82) is 0 Å². The van der Waals surface area contributed by atoms with Crippen LogP contribution in [0.2, 0.25) is 0 Å². The van der Waals surface area contributed by atoms with E-state index < -0.39 is 30.4 Å². The first-order valence-corrected chi connectivity index (χ1v) is 13.7. The first-order valence-electron chi connectivity index (χ1n) is 13.7. The molecule has 0 saturated carbocycles. The molecule has 1 fully saturated rings. The molecule has 2 aliphatic carbocycles. The predicted octanol–water partition coefficient (Wildman–Crippen LogP) is 3.80. The minimum absolute atomic E-state index is 0.0462. The number of benzene rings is 1. The molecule has 1 aromatic carbocycles. The van der Waals surface area contributed by atoms with E-state index in [4.69, 9.17) is 14.2 Å². The Morgan fingerprint density at radius 3 is 2.71 bits per heavy atom. The van der Waals surface area contributed by atoms with Crippen LogP contribution in [0.15, 0.2) is 48.1 Å². The third-order valence-electron chi connectivity index (χ3n) is 7.94. The summed E-state index contributed by atoms with van der Waals surface area (Å²) in [6.45, 7) is 4.02. The van der Waals surface area contributed by atoms with Crippen LogP contribution >= 0.6 is 0 Å². The van der Waals surface area contributed by atoms with Crippen molar-refractivity contribution in [2.45, 2.75) is 82.9 Å². The maximum atomic E-state index is 13.4. The van der Waals surface area contributed by atoms with Crippen molar-refractivity contribution in [3.05, 3.63) is 48.1 Å². The molecule has 1 aliphatic heterocycles. The smallest absolute Gasteiger partial charge is 0.347 e. The maximum absolute atomic E-state index is 13.4. The van der Waals surface area contributed by atoms with Crippen molar-refractivity contribution in [3.63, 3.8) is 0 Å². The molecule has 1 aromatic rings. The normalized spacial score (nSPS) is 31.5. The van der Waals surface area contributed by atoms with Crippen LogP contribution in [-0.2, 0) is 19.1 Å². The third kappa shape index (κ3) is 6.77. The van der Waals surface area contributed by atoms with Gasteiger partial charge in [-0.25, -0.2) is 4.79 Å². The summed E-state index contributed by atoms with van der Waals surface area (Å²) in [7, 11) is 3.89. The average molecular weight is 528 g/mol. The predicted molar refractivity (Wildman–Crippen MR) is 144 cm³/mol. The number of fused-ring (bicyclic) bond motifs is 1. The quantitative estimate of drug-likeness (QED) is 0.468. The fourth-order valence-corrected chi connectivity index (χ4v) is 5.93. The molecule has 1 unspecified atom stereocenters. The highest BCUT2D eigenvalue weighted by Crippen LogP contribution is 2.44. The summed E-state index contributed by atoms with van der Waals surface area (Å²) in [6.07, 6.45) is 5.69. The number of aliphatic hydroxyl groups excluding tert-OH is 2. The Hall–Kier alpha value is -2.84. The van der Waals surface area contributed by atoms with Crippen LogP contribution in [0.25, 0.3) is 0 Å². The average Bonchev–Trinajstić information content (AvgIpc) is 2.86. The SMILES string of the molecule is CCC(Oc1cccc(N(C)C)c1)C(=O)O[C@H]1C[C@H](O)C=C2C=C[C@H](C)[C@H](CC[C@@H]3C[C@@H](O)CC(=O)O3)[C@H]21. The van der Waals surface area contributed by atoms with Gasteiger partial charge in [-0.15, -0.1) is 0 Å². The highest BCUT2D eigenvalue weighted by molar-refractivity contribution is 5.75. The molecule has 1 heterocycles. The first-order chi connectivity index (χ1) is 18.1. The van der Waals surface area contributed by atoms with Crippen LogP contribution in [-0.4, -0.2) is 66.8 Å². The number of nitrogens with zero attached hydrogens (tertiary/aromatic N) is 1. The van der Waals surface area contributed by atoms with Gasteiger partial charge < -0.3 is 29.3 Å². The zero-order valence-electron chi connectivity index (χ0n) is 22.8. The summed E-state index contributed by atoms with van der Waals surface area (Å²) < 4.78 is 17.6. The number of rotatable bonds is 9. The number of ether oxygens (including phenoxy) is 3. The molecule has 8 nitrogen and oxygen atoms in total. The van der Waals surface area contributed by atoms with Gasteiger partial charge in [-0.3, -0.25) is 4.79 Å². The number of anilines is 1. The number of carbonyl (C=O) groups is 2. The van der Waals surface area contributed by atoms with Gasteiger partial charge in [0.05, 0.1) is 18.6 Å². The molecule has 208 valence electrons. The Balaban J connectivity index is 1.47. The highest BCUT2D eigenvalue weighted by atomic mass is 16.6. The lowest BCUT2D eigenvalue weighted by Gasteiger charge is -2.43. The summed E-state index contributed by atoms with van der Waals surface area (Å²) in [5.74, 6) is 0.0605. The van der Waals surface area contributed by atoms with Crippen molar-refractivity contribution in [1.82, 2.24) is 0 Å². The third-order valence-corrected chi connectivity index (χ3v) is 7.94. The van der Waals surface area contributed by atoms with Gasteiger partial charge in [-0.2, -0.15) is 0 Å². The molecule has 0 radical (unpaired) electrons. The highest BCUT2D eigenvalue weighted by Gasteiger charge is 2.43. The van der Waals surface area contributed by atoms with E-state index in [0.717, 1.165) is 17.7 Å². The first kappa shape index (κ1) is 28.2. The minimum atomic E-state index is -0.767. The van der Waals surface area contributed by atoms with Crippen molar-refractivity contribution in [3.8, 4) is 5.75 Å². The summed E-state index contributed by atoms with van der Waals surface area (Å²) in [5.41, 5.74) is 1.94. The van der Waals surface area contributed by atoms with Gasteiger partial charge in [0, 0.05) is 44.6 Å². The number of hydrogen-bond donors (Lipinski definition) is 2. The Morgan fingerprint density at radius 1 is 1.21 bits per heavy atom. The topological polar surface area (TPSA) is 106 Å². The Bertz CT molecular complexity index is 1050. The Morgan fingerprint density at radius 2 is 2.00 bits per heavy atom. The lowest BCUT2D eigenvalue weighted by atomic mass is 9.66. The summed E-state index contributed by atoms with van der Waals surface area (Å²) in [6, 6.07) is 7.57. The maximum Gasteiger partial charge on any atom is 0.347 e. The molecular weight excluding hydrogens is 486 g/mol. The second-order valence-electron chi connectivity index (χ2n) is 11.0. The molecule has 2 N–H and O–H groups in total. The summed E-state index contributed by atoms with van der Waals surface area (Å²) in [4.78, 5) is 27.1. The minimum Gasteiger partial charge on any atom is -0.479 e. The van der Waals surface area contributed by atoms with Crippen LogP contribution in [0.5, 0.6) is 5.75 Å². The molecule has 8 heteroatoms. The fourth-order valence-electron chi connectivity index (χ4n) is 5.93. The van der Waals surface area contributed by atoms with E-state index in [9.17, 15) is 19.8 Å².